The van der Waals surface area contributed by atoms with Gasteiger partial charge in [0.25, 0.3) is 5.56 Å². The molecule has 7 heteroatoms. The summed E-state index contributed by atoms with van der Waals surface area (Å²) >= 11 is 1.61. The lowest BCUT2D eigenvalue weighted by Crippen LogP contribution is -2.40. The summed E-state index contributed by atoms with van der Waals surface area (Å²) in [5, 5.41) is 6.50. The van der Waals surface area contributed by atoms with Gasteiger partial charge in [-0.25, -0.2) is 4.68 Å². The maximum Gasteiger partial charge on any atom is 0.291 e. The number of thiophene rings is 1. The number of hydrogen-bond acceptors (Lipinski definition) is 4. The van der Waals surface area contributed by atoms with Crippen molar-refractivity contribution in [1.82, 2.24) is 19.1 Å². The van der Waals surface area contributed by atoms with Gasteiger partial charge < -0.3 is 4.90 Å². The van der Waals surface area contributed by atoms with Crippen molar-refractivity contribution < 1.29 is 4.79 Å². The minimum atomic E-state index is -0.194. The fraction of sp³-hybridized carbons (Fsp3) is 0.471. The van der Waals surface area contributed by atoms with Gasteiger partial charge in [0.15, 0.2) is 0 Å². The van der Waals surface area contributed by atoms with E-state index in [2.05, 4.69) is 5.10 Å². The summed E-state index contributed by atoms with van der Waals surface area (Å²) in [6, 6.07) is 3.92. The maximum absolute atomic E-state index is 12.8. The highest BCUT2D eigenvalue weighted by atomic mass is 32.1. The Balaban J connectivity index is 1.76. The Morgan fingerprint density at radius 2 is 2.04 bits per heavy atom. The van der Waals surface area contributed by atoms with Crippen LogP contribution in [0.15, 0.2) is 22.3 Å². The molecular formula is C17H20N4O2S. The molecule has 1 saturated heterocycles. The summed E-state index contributed by atoms with van der Waals surface area (Å²) in [4.78, 5) is 27.1. The van der Waals surface area contributed by atoms with Gasteiger partial charge in [-0.3, -0.25) is 14.0 Å². The molecule has 0 aromatic carbocycles. The lowest BCUT2D eigenvalue weighted by atomic mass is 10.1. The molecule has 3 aromatic heterocycles. The van der Waals surface area contributed by atoms with E-state index in [4.69, 9.17) is 0 Å². The average molecular weight is 344 g/mol. The first-order valence-corrected chi connectivity index (χ1v) is 9.33. The Bertz CT molecular complexity index is 962. The Kier molecular flexibility index (Phi) is 3.88. The topological polar surface area (TPSA) is 59.6 Å². The second-order valence-electron chi connectivity index (χ2n) is 6.21. The normalized spacial score (nSPS) is 15.5. The van der Waals surface area contributed by atoms with E-state index in [9.17, 15) is 9.59 Å². The molecule has 4 rings (SSSR count). The summed E-state index contributed by atoms with van der Waals surface area (Å²) in [7, 11) is 0. The van der Waals surface area contributed by atoms with E-state index in [0.29, 0.717) is 11.9 Å². The molecule has 24 heavy (non-hydrogen) atoms. The van der Waals surface area contributed by atoms with Crippen molar-refractivity contribution in [3.63, 3.8) is 0 Å². The number of carbonyl (C=O) groups excluding carboxylic acids is 1. The molecule has 3 aromatic rings. The van der Waals surface area contributed by atoms with Crippen LogP contribution in [0.25, 0.3) is 15.7 Å². The molecular weight excluding hydrogens is 324 g/mol. The summed E-state index contributed by atoms with van der Waals surface area (Å²) in [5.41, 5.74) is 1.43. The van der Waals surface area contributed by atoms with Crippen molar-refractivity contribution in [2.24, 2.45) is 0 Å². The summed E-state index contributed by atoms with van der Waals surface area (Å²) < 4.78 is 4.34. The van der Waals surface area contributed by atoms with E-state index in [0.717, 1.165) is 42.0 Å². The summed E-state index contributed by atoms with van der Waals surface area (Å²) in [5.74, 6) is 0.800. The molecule has 0 bridgehead atoms. The molecule has 0 N–H and O–H groups in total. The van der Waals surface area contributed by atoms with Gasteiger partial charge in [-0.05, 0) is 36.8 Å². The zero-order chi connectivity index (χ0) is 16.7. The van der Waals surface area contributed by atoms with Crippen LogP contribution < -0.4 is 5.56 Å². The SMILES string of the molecule is CCc1nn(CC(=O)N2CCCCC2)c(=O)c2cc3sccc3n12. The van der Waals surface area contributed by atoms with Crippen molar-refractivity contribution in [2.45, 2.75) is 39.2 Å². The molecule has 4 heterocycles. The van der Waals surface area contributed by atoms with Crippen LogP contribution in [-0.2, 0) is 17.8 Å². The number of aromatic nitrogens is 3. The molecule has 0 radical (unpaired) electrons. The van der Waals surface area contributed by atoms with Crippen molar-refractivity contribution in [1.29, 1.82) is 0 Å². The third-order valence-electron chi connectivity index (χ3n) is 4.68. The van der Waals surface area contributed by atoms with Crippen molar-refractivity contribution >= 4 is 33.0 Å². The van der Waals surface area contributed by atoms with E-state index in [-0.39, 0.29) is 18.0 Å². The summed E-state index contributed by atoms with van der Waals surface area (Å²) in [6.45, 7) is 3.62. The highest BCUT2D eigenvalue weighted by molar-refractivity contribution is 7.17. The van der Waals surface area contributed by atoms with Gasteiger partial charge >= 0.3 is 0 Å². The van der Waals surface area contributed by atoms with Crippen molar-refractivity contribution in [2.75, 3.05) is 13.1 Å². The molecule has 6 nitrogen and oxygen atoms in total. The number of nitrogens with zero attached hydrogens (tertiary/aromatic N) is 4. The van der Waals surface area contributed by atoms with Crippen LogP contribution in [0.1, 0.15) is 32.0 Å². The Morgan fingerprint density at radius 3 is 2.79 bits per heavy atom. The second kappa shape index (κ2) is 6.05. The highest BCUT2D eigenvalue weighted by Crippen LogP contribution is 2.24. The molecule has 0 spiro atoms. The van der Waals surface area contributed by atoms with E-state index in [1.54, 1.807) is 11.3 Å². The van der Waals surface area contributed by atoms with Gasteiger partial charge in [0.2, 0.25) is 5.91 Å². The van der Waals surface area contributed by atoms with E-state index in [1.165, 1.54) is 11.1 Å². The number of piperidine rings is 1. The molecule has 1 amide bonds. The molecule has 0 saturated carbocycles. The van der Waals surface area contributed by atoms with Crippen LogP contribution in [0.3, 0.4) is 0 Å². The van der Waals surface area contributed by atoms with Crippen LogP contribution in [0.5, 0.6) is 0 Å². The predicted molar refractivity (Wildman–Crippen MR) is 94.6 cm³/mol. The number of hydrogen-bond donors (Lipinski definition) is 0. The van der Waals surface area contributed by atoms with Crippen LogP contribution in [-0.4, -0.2) is 38.1 Å². The average Bonchev–Trinajstić information content (AvgIpc) is 3.19. The molecule has 0 atom stereocenters. The Labute approximate surface area is 143 Å². The lowest BCUT2D eigenvalue weighted by molar-refractivity contribution is -0.133. The monoisotopic (exact) mass is 344 g/mol. The van der Waals surface area contributed by atoms with Gasteiger partial charge in [0.05, 0.1) is 10.2 Å². The minimum Gasteiger partial charge on any atom is -0.341 e. The first-order valence-electron chi connectivity index (χ1n) is 8.45. The van der Waals surface area contributed by atoms with Crippen LogP contribution in [0.2, 0.25) is 0 Å². The number of fused-ring (bicyclic) bond motifs is 3. The zero-order valence-electron chi connectivity index (χ0n) is 13.7. The van der Waals surface area contributed by atoms with Gasteiger partial charge in [0.1, 0.15) is 17.9 Å². The number of amides is 1. The number of likely N-dealkylation sites (tertiary alicyclic amines) is 1. The van der Waals surface area contributed by atoms with Crippen molar-refractivity contribution in [3.8, 4) is 0 Å². The molecule has 126 valence electrons. The minimum absolute atomic E-state index is 0.0101. The standard InChI is InChI=1S/C17H20N4O2S/c1-2-15-18-20(11-16(22)19-7-4-3-5-8-19)17(23)13-10-14-12(21(13)15)6-9-24-14/h6,9-10H,2-5,7-8,11H2,1H3. The quantitative estimate of drug-likeness (QED) is 0.732. The van der Waals surface area contributed by atoms with E-state index < -0.39 is 0 Å². The molecule has 0 aliphatic carbocycles. The van der Waals surface area contributed by atoms with Crippen LogP contribution in [0, 0.1) is 0 Å². The van der Waals surface area contributed by atoms with Crippen LogP contribution in [0.4, 0.5) is 0 Å². The van der Waals surface area contributed by atoms with E-state index >= 15 is 0 Å². The highest BCUT2D eigenvalue weighted by Gasteiger charge is 2.20. The van der Waals surface area contributed by atoms with Crippen LogP contribution >= 0.6 is 11.3 Å². The van der Waals surface area contributed by atoms with Gasteiger partial charge in [-0.1, -0.05) is 6.92 Å². The Hall–Kier alpha value is -2.15. The number of carbonyl (C=O) groups is 1. The second-order valence-corrected chi connectivity index (χ2v) is 7.16. The smallest absolute Gasteiger partial charge is 0.291 e. The number of aryl methyl sites for hydroxylation is 1. The Morgan fingerprint density at radius 1 is 1.25 bits per heavy atom. The van der Waals surface area contributed by atoms with Gasteiger partial charge in [0, 0.05) is 19.5 Å². The summed E-state index contributed by atoms with van der Waals surface area (Å²) in [6.07, 6.45) is 3.97. The third-order valence-corrected chi connectivity index (χ3v) is 5.53. The van der Waals surface area contributed by atoms with Crippen molar-refractivity contribution in [3.05, 3.63) is 33.7 Å². The van der Waals surface area contributed by atoms with Gasteiger partial charge in [-0.15, -0.1) is 11.3 Å². The molecule has 0 unspecified atom stereocenters. The first kappa shape index (κ1) is 15.4. The maximum atomic E-state index is 12.8. The predicted octanol–water partition coefficient (Wildman–Crippen LogP) is 2.29. The fourth-order valence-electron chi connectivity index (χ4n) is 3.43. The van der Waals surface area contributed by atoms with Gasteiger partial charge in [-0.2, -0.15) is 5.10 Å². The van der Waals surface area contributed by atoms with E-state index in [1.807, 2.05) is 33.7 Å². The molecule has 1 aliphatic heterocycles. The molecule has 1 fully saturated rings. The first-order chi connectivity index (χ1) is 11.7. The zero-order valence-corrected chi connectivity index (χ0v) is 14.5. The molecule has 1 aliphatic rings. The lowest BCUT2D eigenvalue weighted by Gasteiger charge is -2.26. The fourth-order valence-corrected chi connectivity index (χ4v) is 4.23. The third kappa shape index (κ3) is 2.43. The number of rotatable bonds is 3. The largest absolute Gasteiger partial charge is 0.341 e.